The van der Waals surface area contributed by atoms with Gasteiger partial charge < -0.3 is 4.74 Å². The van der Waals surface area contributed by atoms with Crippen molar-refractivity contribution in [3.63, 3.8) is 0 Å². The lowest BCUT2D eigenvalue weighted by Gasteiger charge is -2.37. The molecule has 3 nitrogen and oxygen atoms in total. The number of benzene rings is 1. The Labute approximate surface area is 115 Å². The molecule has 0 N–H and O–H groups in total. The number of likely N-dealkylation sites (tertiary alicyclic amines) is 1. The normalized spacial score (nSPS) is 18.8. The van der Waals surface area contributed by atoms with Crippen LogP contribution in [0.25, 0.3) is 0 Å². The molecule has 1 heterocycles. The van der Waals surface area contributed by atoms with Gasteiger partial charge >= 0.3 is 0 Å². The molecule has 0 aliphatic carbocycles. The second-order valence-corrected chi connectivity index (χ2v) is 6.03. The van der Waals surface area contributed by atoms with Gasteiger partial charge in [-0.3, -0.25) is 4.90 Å². The van der Waals surface area contributed by atoms with E-state index in [2.05, 4.69) is 24.8 Å². The second kappa shape index (κ2) is 6.08. The van der Waals surface area contributed by atoms with Crippen molar-refractivity contribution in [1.29, 1.82) is 5.26 Å². The van der Waals surface area contributed by atoms with Crippen molar-refractivity contribution < 1.29 is 4.74 Å². The summed E-state index contributed by atoms with van der Waals surface area (Å²) in [6.07, 6.45) is 2.60. The SMILES string of the molecule is CC1(C)CCCN(CCOc2ccc(C#N)cc2)C1. The van der Waals surface area contributed by atoms with E-state index in [4.69, 9.17) is 10.00 Å². The summed E-state index contributed by atoms with van der Waals surface area (Å²) in [6, 6.07) is 9.41. The Kier molecular flexibility index (Phi) is 4.44. The molecule has 1 saturated heterocycles. The van der Waals surface area contributed by atoms with Gasteiger partial charge in [-0.15, -0.1) is 0 Å². The minimum absolute atomic E-state index is 0.437. The van der Waals surface area contributed by atoms with Gasteiger partial charge in [0.1, 0.15) is 12.4 Å². The minimum Gasteiger partial charge on any atom is -0.492 e. The van der Waals surface area contributed by atoms with E-state index in [1.165, 1.54) is 19.4 Å². The lowest BCUT2D eigenvalue weighted by molar-refractivity contribution is 0.102. The summed E-state index contributed by atoms with van der Waals surface area (Å²) < 4.78 is 5.73. The van der Waals surface area contributed by atoms with Gasteiger partial charge in [-0.1, -0.05) is 13.8 Å². The van der Waals surface area contributed by atoms with Crippen LogP contribution in [-0.4, -0.2) is 31.1 Å². The van der Waals surface area contributed by atoms with Crippen LogP contribution in [-0.2, 0) is 0 Å². The third kappa shape index (κ3) is 4.25. The van der Waals surface area contributed by atoms with Crippen LogP contribution < -0.4 is 4.74 Å². The first-order chi connectivity index (χ1) is 9.09. The van der Waals surface area contributed by atoms with E-state index in [9.17, 15) is 0 Å². The average Bonchev–Trinajstić information content (AvgIpc) is 2.38. The molecular weight excluding hydrogens is 236 g/mol. The van der Waals surface area contributed by atoms with Crippen molar-refractivity contribution in [2.24, 2.45) is 5.41 Å². The van der Waals surface area contributed by atoms with Gasteiger partial charge in [-0.2, -0.15) is 5.26 Å². The molecule has 1 fully saturated rings. The first-order valence-electron chi connectivity index (χ1n) is 6.94. The highest BCUT2D eigenvalue weighted by molar-refractivity contribution is 5.34. The lowest BCUT2D eigenvalue weighted by Crippen LogP contribution is -2.41. The number of nitrogens with zero attached hydrogens (tertiary/aromatic N) is 2. The van der Waals surface area contributed by atoms with Gasteiger partial charge in [-0.25, -0.2) is 0 Å². The van der Waals surface area contributed by atoms with Crippen LogP contribution in [0.2, 0.25) is 0 Å². The molecule has 0 radical (unpaired) electrons. The van der Waals surface area contributed by atoms with Gasteiger partial charge in [-0.05, 0) is 49.1 Å². The van der Waals surface area contributed by atoms with E-state index in [0.717, 1.165) is 18.8 Å². The molecule has 0 saturated carbocycles. The summed E-state index contributed by atoms with van der Waals surface area (Å²) >= 11 is 0. The molecule has 1 aliphatic heterocycles. The molecule has 0 aromatic heterocycles. The van der Waals surface area contributed by atoms with Crippen molar-refractivity contribution in [1.82, 2.24) is 4.90 Å². The first kappa shape index (κ1) is 13.9. The number of hydrogen-bond acceptors (Lipinski definition) is 3. The maximum Gasteiger partial charge on any atom is 0.119 e. The summed E-state index contributed by atoms with van der Waals surface area (Å²) in [5, 5.41) is 8.73. The van der Waals surface area contributed by atoms with Crippen molar-refractivity contribution in [3.8, 4) is 11.8 Å². The molecule has 3 heteroatoms. The van der Waals surface area contributed by atoms with E-state index in [-0.39, 0.29) is 0 Å². The summed E-state index contributed by atoms with van der Waals surface area (Å²) in [7, 11) is 0. The van der Waals surface area contributed by atoms with Crippen LogP contribution in [0.1, 0.15) is 32.3 Å². The fourth-order valence-corrected chi connectivity index (χ4v) is 2.65. The molecular formula is C16H22N2O. The largest absolute Gasteiger partial charge is 0.492 e. The number of nitriles is 1. The zero-order valence-corrected chi connectivity index (χ0v) is 11.9. The van der Waals surface area contributed by atoms with Crippen LogP contribution in [0.5, 0.6) is 5.75 Å². The Bertz CT molecular complexity index is 445. The van der Waals surface area contributed by atoms with Crippen LogP contribution in [0.15, 0.2) is 24.3 Å². The molecule has 0 atom stereocenters. The molecule has 0 bridgehead atoms. The number of piperidine rings is 1. The topological polar surface area (TPSA) is 36.3 Å². The molecule has 19 heavy (non-hydrogen) atoms. The van der Waals surface area contributed by atoms with Gasteiger partial charge in [0.2, 0.25) is 0 Å². The van der Waals surface area contributed by atoms with Crippen LogP contribution >= 0.6 is 0 Å². The highest BCUT2D eigenvalue weighted by atomic mass is 16.5. The van der Waals surface area contributed by atoms with Crippen LogP contribution in [0.4, 0.5) is 0 Å². The smallest absolute Gasteiger partial charge is 0.119 e. The van der Waals surface area contributed by atoms with Crippen molar-refractivity contribution in [2.45, 2.75) is 26.7 Å². The standard InChI is InChI=1S/C16H22N2O/c1-16(2)8-3-9-18(13-16)10-11-19-15-6-4-14(12-17)5-7-15/h4-7H,3,8-11,13H2,1-2H3. The molecule has 0 amide bonds. The van der Waals surface area contributed by atoms with Crippen molar-refractivity contribution >= 4 is 0 Å². The first-order valence-corrected chi connectivity index (χ1v) is 6.94. The van der Waals surface area contributed by atoms with E-state index in [1.807, 2.05) is 12.1 Å². The third-order valence-corrected chi connectivity index (χ3v) is 3.64. The molecule has 1 aromatic carbocycles. The Morgan fingerprint density at radius 3 is 2.68 bits per heavy atom. The van der Waals surface area contributed by atoms with Crippen molar-refractivity contribution in [3.05, 3.63) is 29.8 Å². The number of ether oxygens (including phenoxy) is 1. The predicted molar refractivity (Wildman–Crippen MR) is 76.1 cm³/mol. The molecule has 1 aromatic rings. The summed E-state index contributed by atoms with van der Waals surface area (Å²) in [6.45, 7) is 8.69. The third-order valence-electron chi connectivity index (χ3n) is 3.64. The minimum atomic E-state index is 0.437. The number of rotatable bonds is 4. The Morgan fingerprint density at radius 2 is 2.05 bits per heavy atom. The average molecular weight is 258 g/mol. The highest BCUT2D eigenvalue weighted by Gasteiger charge is 2.25. The summed E-state index contributed by atoms with van der Waals surface area (Å²) in [4.78, 5) is 2.48. The fourth-order valence-electron chi connectivity index (χ4n) is 2.65. The molecule has 2 rings (SSSR count). The summed E-state index contributed by atoms with van der Waals surface area (Å²) in [5.74, 6) is 0.843. The molecule has 1 aliphatic rings. The quantitative estimate of drug-likeness (QED) is 0.832. The van der Waals surface area contributed by atoms with Gasteiger partial charge in [0.15, 0.2) is 0 Å². The monoisotopic (exact) mass is 258 g/mol. The fraction of sp³-hybridized carbons (Fsp3) is 0.562. The second-order valence-electron chi connectivity index (χ2n) is 6.03. The Morgan fingerprint density at radius 1 is 1.32 bits per heavy atom. The Balaban J connectivity index is 1.75. The predicted octanol–water partition coefficient (Wildman–Crippen LogP) is 3.06. The maximum absolute atomic E-state index is 8.73. The highest BCUT2D eigenvalue weighted by Crippen LogP contribution is 2.28. The van der Waals surface area contributed by atoms with Crippen LogP contribution in [0.3, 0.4) is 0 Å². The van der Waals surface area contributed by atoms with E-state index in [0.29, 0.717) is 17.6 Å². The molecule has 102 valence electrons. The zero-order chi connectivity index (χ0) is 13.7. The van der Waals surface area contributed by atoms with Crippen molar-refractivity contribution in [2.75, 3.05) is 26.2 Å². The van der Waals surface area contributed by atoms with Crippen LogP contribution in [0, 0.1) is 16.7 Å². The van der Waals surface area contributed by atoms with Gasteiger partial charge in [0.05, 0.1) is 11.6 Å². The summed E-state index contributed by atoms with van der Waals surface area (Å²) in [5.41, 5.74) is 1.11. The van der Waals surface area contributed by atoms with Gasteiger partial charge in [0, 0.05) is 13.1 Å². The molecule has 0 unspecified atom stereocenters. The van der Waals surface area contributed by atoms with E-state index < -0.39 is 0 Å². The van der Waals surface area contributed by atoms with E-state index in [1.54, 1.807) is 12.1 Å². The zero-order valence-electron chi connectivity index (χ0n) is 11.9. The lowest BCUT2D eigenvalue weighted by atomic mass is 9.84. The molecule has 0 spiro atoms. The van der Waals surface area contributed by atoms with Gasteiger partial charge in [0.25, 0.3) is 0 Å². The van der Waals surface area contributed by atoms with E-state index >= 15 is 0 Å². The Hall–Kier alpha value is -1.53. The maximum atomic E-state index is 8.73. The number of hydrogen-bond donors (Lipinski definition) is 0.